The van der Waals surface area contributed by atoms with Crippen LogP contribution >= 0.6 is 22.9 Å². The average molecular weight is 518 g/mol. The fourth-order valence-electron chi connectivity index (χ4n) is 5.42. The van der Waals surface area contributed by atoms with Gasteiger partial charge < -0.3 is 9.88 Å². The van der Waals surface area contributed by atoms with Crippen LogP contribution in [-0.4, -0.2) is 39.4 Å². The molecule has 5 heterocycles. The highest BCUT2D eigenvalue weighted by atomic mass is 35.5. The van der Waals surface area contributed by atoms with Gasteiger partial charge in [0.05, 0.1) is 33.8 Å². The third-order valence-corrected chi connectivity index (χ3v) is 8.68. The van der Waals surface area contributed by atoms with Crippen LogP contribution in [0.5, 0.6) is 0 Å². The van der Waals surface area contributed by atoms with E-state index in [2.05, 4.69) is 33.2 Å². The molecule has 0 unspecified atom stereocenters. The minimum Gasteiger partial charge on any atom is -0.345 e. The molecule has 0 spiro atoms. The number of carbonyl (C=O) groups is 2. The van der Waals surface area contributed by atoms with Crippen LogP contribution in [0.25, 0.3) is 32.2 Å². The van der Waals surface area contributed by atoms with Gasteiger partial charge in [-0.1, -0.05) is 11.6 Å². The Morgan fingerprint density at radius 1 is 1.11 bits per heavy atom. The number of nitriles is 1. The van der Waals surface area contributed by atoms with Gasteiger partial charge in [-0.3, -0.25) is 19.5 Å². The Balaban J connectivity index is 1.45. The number of likely N-dealkylation sites (tertiary alicyclic amines) is 1. The first kappa shape index (κ1) is 23.2. The number of amides is 2. The van der Waals surface area contributed by atoms with E-state index in [4.69, 9.17) is 11.6 Å². The molecule has 0 bridgehead atoms. The van der Waals surface area contributed by atoms with Gasteiger partial charge in [0.2, 0.25) is 11.8 Å². The van der Waals surface area contributed by atoms with Crippen molar-refractivity contribution >= 4 is 55.9 Å². The van der Waals surface area contributed by atoms with Crippen LogP contribution in [-0.2, 0) is 22.7 Å². The lowest BCUT2D eigenvalue weighted by Crippen LogP contribution is -2.38. The molecule has 4 aromatic rings. The topological polar surface area (TPSA) is 91.0 Å². The zero-order valence-corrected chi connectivity index (χ0v) is 21.2. The zero-order chi connectivity index (χ0) is 24.9. The summed E-state index contributed by atoms with van der Waals surface area (Å²) in [6, 6.07) is 12.6. The van der Waals surface area contributed by atoms with E-state index in [0.29, 0.717) is 11.6 Å². The molecule has 36 heavy (non-hydrogen) atoms. The molecule has 7 nitrogen and oxygen atoms in total. The monoisotopic (exact) mass is 517 g/mol. The number of nitrogens with zero attached hydrogens (tertiary/aromatic N) is 4. The van der Waals surface area contributed by atoms with Crippen LogP contribution < -0.4 is 5.32 Å². The number of thiophene rings is 1. The lowest BCUT2D eigenvalue weighted by molar-refractivity contribution is -0.138. The third-order valence-electron chi connectivity index (χ3n) is 7.32. The van der Waals surface area contributed by atoms with E-state index in [1.165, 1.54) is 4.90 Å². The lowest BCUT2D eigenvalue weighted by Gasteiger charge is -2.32. The molecule has 6 rings (SSSR count). The van der Waals surface area contributed by atoms with Crippen molar-refractivity contribution in [3.05, 3.63) is 52.6 Å². The fourth-order valence-corrected chi connectivity index (χ4v) is 6.78. The summed E-state index contributed by atoms with van der Waals surface area (Å²) in [7, 11) is 0. The highest BCUT2D eigenvalue weighted by molar-refractivity contribution is 7.19. The number of piperidine rings is 1. The third kappa shape index (κ3) is 3.97. The van der Waals surface area contributed by atoms with Crippen LogP contribution in [0.3, 0.4) is 0 Å². The summed E-state index contributed by atoms with van der Waals surface area (Å²) < 4.78 is 3.18. The Kier molecular flexibility index (Phi) is 5.79. The molecule has 2 saturated heterocycles. The van der Waals surface area contributed by atoms with E-state index in [0.717, 1.165) is 63.1 Å². The van der Waals surface area contributed by atoms with E-state index in [1.807, 2.05) is 24.3 Å². The molecule has 9 heteroatoms. The molecule has 2 fully saturated rings. The molecule has 1 aromatic carbocycles. The second kappa shape index (κ2) is 9.00. The van der Waals surface area contributed by atoms with E-state index in [9.17, 15) is 14.9 Å². The van der Waals surface area contributed by atoms with Gasteiger partial charge in [0.15, 0.2) is 0 Å². The van der Waals surface area contributed by atoms with E-state index in [1.54, 1.807) is 17.5 Å². The molecule has 0 radical (unpaired) electrons. The highest BCUT2D eigenvalue weighted by Gasteiger charge is 2.33. The van der Waals surface area contributed by atoms with E-state index < -0.39 is 5.41 Å². The van der Waals surface area contributed by atoms with Crippen LogP contribution in [0.15, 0.2) is 42.7 Å². The standard InChI is InChI=1S/C27H24ClN5O2S/c28-18-11-17-4-10-32(16-27(15-29)5-8-30-9-6-27)25(17)21(12-18)20-3-7-31-22-13-19(36-26(20)22)14-33-23(34)1-2-24(33)35/h3-4,7,10-13,30H,1-2,5-6,8-9,14,16H2. The Morgan fingerprint density at radius 3 is 2.64 bits per heavy atom. The molecule has 0 aliphatic carbocycles. The molecule has 1 N–H and O–H groups in total. The van der Waals surface area contributed by atoms with Crippen molar-refractivity contribution in [2.24, 2.45) is 5.41 Å². The predicted molar refractivity (Wildman–Crippen MR) is 141 cm³/mol. The number of hydrogen-bond acceptors (Lipinski definition) is 6. The second-order valence-corrected chi connectivity index (χ2v) is 11.2. The van der Waals surface area contributed by atoms with Crippen LogP contribution in [0.2, 0.25) is 5.02 Å². The molecule has 2 amide bonds. The maximum Gasteiger partial charge on any atom is 0.230 e. The van der Waals surface area contributed by atoms with Crippen LogP contribution in [0, 0.1) is 16.7 Å². The molecule has 2 aliphatic heterocycles. The summed E-state index contributed by atoms with van der Waals surface area (Å²) in [5.74, 6) is -0.242. The lowest BCUT2D eigenvalue weighted by atomic mass is 9.80. The Morgan fingerprint density at radius 2 is 1.89 bits per heavy atom. The van der Waals surface area contributed by atoms with Crippen molar-refractivity contribution in [1.29, 1.82) is 5.26 Å². The first-order valence-electron chi connectivity index (χ1n) is 12.1. The minimum atomic E-state index is -0.410. The number of benzene rings is 1. The maximum absolute atomic E-state index is 12.1. The van der Waals surface area contributed by atoms with Gasteiger partial charge in [0.25, 0.3) is 0 Å². The number of aromatic nitrogens is 2. The number of pyridine rings is 1. The molecule has 0 atom stereocenters. The number of carbonyl (C=O) groups excluding carboxylic acids is 2. The molecule has 2 aliphatic rings. The van der Waals surface area contributed by atoms with Crippen molar-refractivity contribution in [1.82, 2.24) is 19.8 Å². The predicted octanol–water partition coefficient (Wildman–Crippen LogP) is 5.11. The van der Waals surface area contributed by atoms with Crippen molar-refractivity contribution in [3.8, 4) is 17.2 Å². The molecular formula is C27H24ClN5O2S. The molecule has 0 saturated carbocycles. The van der Waals surface area contributed by atoms with Crippen molar-refractivity contribution < 1.29 is 9.59 Å². The quantitative estimate of drug-likeness (QED) is 0.371. The van der Waals surface area contributed by atoms with Crippen molar-refractivity contribution in [3.63, 3.8) is 0 Å². The Hall–Kier alpha value is -3.25. The van der Waals surface area contributed by atoms with Crippen LogP contribution in [0.1, 0.15) is 30.6 Å². The summed E-state index contributed by atoms with van der Waals surface area (Å²) in [5, 5.41) is 15.1. The van der Waals surface area contributed by atoms with E-state index >= 15 is 0 Å². The smallest absolute Gasteiger partial charge is 0.230 e. The van der Waals surface area contributed by atoms with Gasteiger partial charge in [-0.2, -0.15) is 5.26 Å². The van der Waals surface area contributed by atoms with Gasteiger partial charge in [-0.05, 0) is 56.3 Å². The summed E-state index contributed by atoms with van der Waals surface area (Å²) >= 11 is 8.12. The zero-order valence-electron chi connectivity index (χ0n) is 19.6. The minimum absolute atomic E-state index is 0.121. The van der Waals surface area contributed by atoms with Gasteiger partial charge in [-0.15, -0.1) is 11.3 Å². The molecular weight excluding hydrogens is 494 g/mol. The highest BCUT2D eigenvalue weighted by Crippen LogP contribution is 2.41. The number of halogens is 1. The number of hydrogen-bond donors (Lipinski definition) is 1. The maximum atomic E-state index is 12.1. The average Bonchev–Trinajstić information content (AvgIpc) is 3.57. The summed E-state index contributed by atoms with van der Waals surface area (Å²) in [4.78, 5) is 31.1. The molecule has 3 aromatic heterocycles. The largest absolute Gasteiger partial charge is 0.345 e. The van der Waals surface area contributed by atoms with Gasteiger partial charge in [0.1, 0.15) is 0 Å². The summed E-state index contributed by atoms with van der Waals surface area (Å²) in [5.41, 5.74) is 3.44. The van der Waals surface area contributed by atoms with Crippen molar-refractivity contribution in [2.45, 2.75) is 38.8 Å². The van der Waals surface area contributed by atoms with E-state index in [-0.39, 0.29) is 31.2 Å². The van der Waals surface area contributed by atoms with Gasteiger partial charge >= 0.3 is 0 Å². The number of rotatable bonds is 5. The first-order valence-corrected chi connectivity index (χ1v) is 13.3. The molecule has 182 valence electrons. The summed E-state index contributed by atoms with van der Waals surface area (Å²) in [6.07, 6.45) is 6.02. The first-order chi connectivity index (χ1) is 17.5. The number of fused-ring (bicyclic) bond motifs is 2. The Labute approximate surface area is 217 Å². The normalized spacial score (nSPS) is 17.8. The fraction of sp³-hybridized carbons (Fsp3) is 0.333. The van der Waals surface area contributed by atoms with Crippen molar-refractivity contribution in [2.75, 3.05) is 13.1 Å². The number of nitrogens with one attached hydrogen (secondary N) is 1. The van der Waals surface area contributed by atoms with Gasteiger partial charge in [0, 0.05) is 58.2 Å². The Bertz CT molecular complexity index is 1540. The summed E-state index contributed by atoms with van der Waals surface area (Å²) in [6.45, 7) is 2.58. The second-order valence-electron chi connectivity index (χ2n) is 9.64. The number of imide groups is 1. The SMILES string of the molecule is N#CC1(Cn2ccc3cc(Cl)cc(-c4ccnc5cc(CN6C(=O)CCC6=O)sc45)c32)CCNCC1. The van der Waals surface area contributed by atoms with Gasteiger partial charge in [-0.25, -0.2) is 0 Å². The van der Waals surface area contributed by atoms with Crippen LogP contribution in [0.4, 0.5) is 0 Å².